The van der Waals surface area contributed by atoms with Gasteiger partial charge < -0.3 is 15.0 Å². The summed E-state index contributed by atoms with van der Waals surface area (Å²) < 4.78 is 5.77. The first-order chi connectivity index (χ1) is 9.28. The van der Waals surface area contributed by atoms with Gasteiger partial charge in [-0.05, 0) is 56.0 Å². The lowest BCUT2D eigenvalue weighted by atomic mass is 10.0. The molecule has 2 rings (SSSR count). The second-order valence-corrected chi connectivity index (χ2v) is 5.52. The Balaban J connectivity index is 1.63. The Hall–Kier alpha value is -1.22. The first-order valence-corrected chi connectivity index (χ1v) is 7.41. The quantitative estimate of drug-likeness (QED) is 0.797. The van der Waals surface area contributed by atoms with Crippen LogP contribution in [0.3, 0.4) is 0 Å². The van der Waals surface area contributed by atoms with Crippen molar-refractivity contribution in [2.75, 3.05) is 38.6 Å². The molecule has 1 fully saturated rings. The highest BCUT2D eigenvalue weighted by Crippen LogP contribution is 2.17. The minimum Gasteiger partial charge on any atom is -0.494 e. The Morgan fingerprint density at radius 1 is 1.32 bits per heavy atom. The molecule has 1 aliphatic heterocycles. The van der Waals surface area contributed by atoms with Crippen molar-refractivity contribution in [3.05, 3.63) is 24.3 Å². The van der Waals surface area contributed by atoms with E-state index >= 15 is 0 Å². The molecule has 1 atom stereocenters. The topological polar surface area (TPSA) is 24.5 Å². The molecule has 19 heavy (non-hydrogen) atoms. The van der Waals surface area contributed by atoms with E-state index in [2.05, 4.69) is 17.1 Å². The molecule has 0 bridgehead atoms. The number of nitrogens with zero attached hydrogens (tertiary/aromatic N) is 1. The summed E-state index contributed by atoms with van der Waals surface area (Å²) in [7, 11) is 1.93. The monoisotopic (exact) mass is 262 g/mol. The number of hydrogen-bond donors (Lipinski definition) is 1. The van der Waals surface area contributed by atoms with Crippen molar-refractivity contribution in [1.82, 2.24) is 4.90 Å². The van der Waals surface area contributed by atoms with Crippen LogP contribution in [-0.4, -0.2) is 38.2 Å². The molecule has 1 saturated heterocycles. The summed E-state index contributed by atoms with van der Waals surface area (Å²) in [5.41, 5.74) is 1.12. The van der Waals surface area contributed by atoms with Gasteiger partial charge in [0, 0.05) is 25.8 Å². The molecule has 0 radical (unpaired) electrons. The number of ether oxygens (including phenoxy) is 1. The molecule has 0 amide bonds. The molecule has 0 spiro atoms. The fraction of sp³-hybridized carbons (Fsp3) is 0.625. The maximum Gasteiger partial charge on any atom is 0.119 e. The molecule has 1 heterocycles. The van der Waals surface area contributed by atoms with Gasteiger partial charge in [-0.1, -0.05) is 6.92 Å². The summed E-state index contributed by atoms with van der Waals surface area (Å²) >= 11 is 0. The summed E-state index contributed by atoms with van der Waals surface area (Å²) in [6.45, 7) is 6.85. The largest absolute Gasteiger partial charge is 0.494 e. The van der Waals surface area contributed by atoms with Gasteiger partial charge in [0.25, 0.3) is 0 Å². The minimum absolute atomic E-state index is 0.809. The van der Waals surface area contributed by atoms with E-state index in [0.29, 0.717) is 0 Å². The third-order valence-electron chi connectivity index (χ3n) is 3.77. The van der Waals surface area contributed by atoms with Gasteiger partial charge in [0.1, 0.15) is 5.75 Å². The van der Waals surface area contributed by atoms with E-state index in [1.54, 1.807) is 0 Å². The average molecular weight is 262 g/mol. The van der Waals surface area contributed by atoms with E-state index < -0.39 is 0 Å². The molecule has 0 unspecified atom stereocenters. The van der Waals surface area contributed by atoms with Crippen molar-refractivity contribution < 1.29 is 4.74 Å². The lowest BCUT2D eigenvalue weighted by Gasteiger charge is -2.30. The highest BCUT2D eigenvalue weighted by molar-refractivity contribution is 5.45. The molecule has 1 aromatic carbocycles. The molecule has 1 aliphatic rings. The molecule has 1 aromatic rings. The van der Waals surface area contributed by atoms with Crippen LogP contribution in [0.5, 0.6) is 5.75 Å². The summed E-state index contributed by atoms with van der Waals surface area (Å²) in [4.78, 5) is 2.57. The van der Waals surface area contributed by atoms with Gasteiger partial charge in [0.2, 0.25) is 0 Å². The number of rotatable bonds is 6. The molecule has 0 saturated carbocycles. The van der Waals surface area contributed by atoms with E-state index in [0.717, 1.165) is 30.4 Å². The van der Waals surface area contributed by atoms with Crippen LogP contribution in [0, 0.1) is 5.92 Å². The molecule has 3 heteroatoms. The van der Waals surface area contributed by atoms with Gasteiger partial charge in [0.15, 0.2) is 0 Å². The van der Waals surface area contributed by atoms with Crippen molar-refractivity contribution in [1.29, 1.82) is 0 Å². The zero-order valence-corrected chi connectivity index (χ0v) is 12.2. The Bertz CT molecular complexity index is 364. The highest BCUT2D eigenvalue weighted by atomic mass is 16.5. The number of likely N-dealkylation sites (tertiary alicyclic amines) is 1. The molecule has 3 nitrogen and oxygen atoms in total. The summed E-state index contributed by atoms with van der Waals surface area (Å²) in [5.74, 6) is 1.83. The van der Waals surface area contributed by atoms with Gasteiger partial charge in [-0.2, -0.15) is 0 Å². The Morgan fingerprint density at radius 2 is 2.11 bits per heavy atom. The third-order valence-corrected chi connectivity index (χ3v) is 3.77. The van der Waals surface area contributed by atoms with Gasteiger partial charge in [-0.3, -0.25) is 0 Å². The predicted octanol–water partition coefficient (Wildman–Crippen LogP) is 3.23. The second kappa shape index (κ2) is 7.39. The van der Waals surface area contributed by atoms with Crippen molar-refractivity contribution in [2.24, 2.45) is 5.92 Å². The maximum atomic E-state index is 5.77. The molecular formula is C16H26N2O. The zero-order chi connectivity index (χ0) is 13.5. The third kappa shape index (κ3) is 4.75. The van der Waals surface area contributed by atoms with Gasteiger partial charge in [-0.25, -0.2) is 0 Å². The van der Waals surface area contributed by atoms with Crippen molar-refractivity contribution in [3.8, 4) is 5.75 Å². The van der Waals surface area contributed by atoms with Crippen molar-refractivity contribution in [2.45, 2.75) is 26.2 Å². The fourth-order valence-corrected chi connectivity index (χ4v) is 2.69. The Morgan fingerprint density at radius 3 is 2.79 bits per heavy atom. The van der Waals surface area contributed by atoms with E-state index in [1.807, 2.05) is 31.3 Å². The van der Waals surface area contributed by atoms with Gasteiger partial charge in [-0.15, -0.1) is 0 Å². The van der Waals surface area contributed by atoms with Crippen LogP contribution in [0.2, 0.25) is 0 Å². The van der Waals surface area contributed by atoms with Crippen molar-refractivity contribution in [3.63, 3.8) is 0 Å². The lowest BCUT2D eigenvalue weighted by molar-refractivity contribution is 0.170. The smallest absolute Gasteiger partial charge is 0.119 e. The van der Waals surface area contributed by atoms with Crippen LogP contribution in [-0.2, 0) is 0 Å². The normalized spacial score (nSPS) is 20.2. The predicted molar refractivity (Wildman–Crippen MR) is 80.9 cm³/mol. The van der Waals surface area contributed by atoms with Crippen LogP contribution < -0.4 is 10.1 Å². The summed E-state index contributed by atoms with van der Waals surface area (Å²) in [5, 5.41) is 3.11. The van der Waals surface area contributed by atoms with E-state index in [9.17, 15) is 0 Å². The van der Waals surface area contributed by atoms with Crippen LogP contribution >= 0.6 is 0 Å². The molecule has 0 aliphatic carbocycles. The van der Waals surface area contributed by atoms with Crippen LogP contribution in [0.1, 0.15) is 26.2 Å². The summed E-state index contributed by atoms with van der Waals surface area (Å²) in [6, 6.07) is 8.13. The standard InChI is InChI=1S/C16H26N2O/c1-14-5-3-10-18(13-14)11-4-12-19-16-8-6-15(17-2)7-9-16/h6-9,14,17H,3-5,10-13H2,1-2H3/t14-/m0/s1. The zero-order valence-electron chi connectivity index (χ0n) is 12.2. The minimum atomic E-state index is 0.809. The average Bonchev–Trinajstić information content (AvgIpc) is 2.44. The fourth-order valence-electron chi connectivity index (χ4n) is 2.69. The number of piperidine rings is 1. The lowest BCUT2D eigenvalue weighted by Crippen LogP contribution is -2.35. The number of hydrogen-bond acceptors (Lipinski definition) is 3. The number of benzene rings is 1. The van der Waals surface area contributed by atoms with Gasteiger partial charge in [0.05, 0.1) is 6.61 Å². The molecule has 1 N–H and O–H groups in total. The SMILES string of the molecule is CNc1ccc(OCCCN2CCC[C@H](C)C2)cc1. The second-order valence-electron chi connectivity index (χ2n) is 5.52. The highest BCUT2D eigenvalue weighted by Gasteiger charge is 2.15. The van der Waals surface area contributed by atoms with Crippen LogP contribution in [0.4, 0.5) is 5.69 Å². The van der Waals surface area contributed by atoms with Crippen molar-refractivity contribution >= 4 is 5.69 Å². The molecular weight excluding hydrogens is 236 g/mol. The van der Waals surface area contributed by atoms with Crippen LogP contribution in [0.15, 0.2) is 24.3 Å². The molecule has 106 valence electrons. The van der Waals surface area contributed by atoms with E-state index in [4.69, 9.17) is 4.74 Å². The number of anilines is 1. The Labute approximate surface area is 116 Å². The Kier molecular flexibility index (Phi) is 5.52. The summed E-state index contributed by atoms with van der Waals surface area (Å²) in [6.07, 6.45) is 3.86. The van der Waals surface area contributed by atoms with Crippen LogP contribution in [0.25, 0.3) is 0 Å². The first-order valence-electron chi connectivity index (χ1n) is 7.41. The number of nitrogens with one attached hydrogen (secondary N) is 1. The maximum absolute atomic E-state index is 5.77. The van der Waals surface area contributed by atoms with E-state index in [-0.39, 0.29) is 0 Å². The van der Waals surface area contributed by atoms with Gasteiger partial charge >= 0.3 is 0 Å². The van der Waals surface area contributed by atoms with E-state index in [1.165, 1.54) is 32.5 Å². The molecule has 0 aromatic heterocycles. The first kappa shape index (κ1) is 14.2.